The Morgan fingerprint density at radius 3 is 2.29 bits per heavy atom. The van der Waals surface area contributed by atoms with E-state index in [1.165, 1.54) is 12.8 Å². The molecule has 0 spiro atoms. The number of hydrogen-bond donors (Lipinski definition) is 1. The highest BCUT2D eigenvalue weighted by atomic mass is 16.2. The molecule has 17 heavy (non-hydrogen) atoms. The van der Waals surface area contributed by atoms with Gasteiger partial charge < -0.3 is 10.2 Å². The fourth-order valence-corrected chi connectivity index (χ4v) is 2.00. The minimum absolute atomic E-state index is 0.131. The standard InChI is InChI=1S/C13H22N2O2/c1-13(2,3)14-10(8-9-4-5-9)11(16)12(17)15-6-7-15/h9-10,14H,4-8H2,1-3H3. The second kappa shape index (κ2) is 4.41. The van der Waals surface area contributed by atoms with Crippen molar-refractivity contribution in [2.24, 2.45) is 5.92 Å². The van der Waals surface area contributed by atoms with Crippen LogP contribution < -0.4 is 5.32 Å². The molecule has 96 valence electrons. The third-order valence-corrected chi connectivity index (χ3v) is 3.13. The summed E-state index contributed by atoms with van der Waals surface area (Å²) in [4.78, 5) is 25.5. The summed E-state index contributed by atoms with van der Waals surface area (Å²) < 4.78 is 0. The number of carbonyl (C=O) groups is 2. The Morgan fingerprint density at radius 2 is 1.88 bits per heavy atom. The van der Waals surface area contributed by atoms with Gasteiger partial charge in [0.2, 0.25) is 5.78 Å². The fraction of sp³-hybridized carbons (Fsp3) is 0.846. The predicted molar refractivity (Wildman–Crippen MR) is 65.6 cm³/mol. The van der Waals surface area contributed by atoms with Crippen molar-refractivity contribution in [1.29, 1.82) is 0 Å². The monoisotopic (exact) mass is 238 g/mol. The third kappa shape index (κ3) is 3.80. The first-order valence-electron chi connectivity index (χ1n) is 6.47. The summed E-state index contributed by atoms with van der Waals surface area (Å²) in [6, 6.07) is -0.296. The summed E-state index contributed by atoms with van der Waals surface area (Å²) in [5, 5.41) is 3.29. The van der Waals surface area contributed by atoms with E-state index in [4.69, 9.17) is 0 Å². The molecule has 1 atom stereocenters. The lowest BCUT2D eigenvalue weighted by molar-refractivity contribution is -0.142. The van der Waals surface area contributed by atoms with E-state index in [-0.39, 0.29) is 23.3 Å². The number of carbonyl (C=O) groups excluding carboxylic acids is 2. The molecule has 1 aliphatic carbocycles. The van der Waals surface area contributed by atoms with Crippen LogP contribution in [0.25, 0.3) is 0 Å². The molecular formula is C13H22N2O2. The first kappa shape index (κ1) is 12.6. The Bertz CT molecular complexity index is 325. The van der Waals surface area contributed by atoms with Gasteiger partial charge in [0, 0.05) is 18.6 Å². The molecule has 0 radical (unpaired) electrons. The van der Waals surface area contributed by atoms with Gasteiger partial charge in [-0.3, -0.25) is 9.59 Å². The maximum Gasteiger partial charge on any atom is 0.291 e. The van der Waals surface area contributed by atoms with Crippen LogP contribution in [0.2, 0.25) is 0 Å². The Kier molecular flexibility index (Phi) is 3.25. The van der Waals surface area contributed by atoms with Crippen molar-refractivity contribution >= 4 is 11.7 Å². The number of amides is 1. The average Bonchev–Trinajstić information content (AvgIpc) is 3.04. The normalized spacial score (nSPS) is 21.2. The highest BCUT2D eigenvalue weighted by Gasteiger charge is 2.38. The second-order valence-electron chi connectivity index (χ2n) is 6.28. The number of Topliss-reactive ketones (excluding diaryl/α,β-unsaturated/α-hetero) is 1. The summed E-state index contributed by atoms with van der Waals surface area (Å²) in [5.41, 5.74) is -0.131. The predicted octanol–water partition coefficient (Wildman–Crippen LogP) is 0.954. The molecule has 2 fully saturated rings. The largest absolute Gasteiger partial charge is 0.333 e. The first-order chi connectivity index (χ1) is 7.87. The summed E-state index contributed by atoms with van der Waals surface area (Å²) in [6.07, 6.45) is 3.22. The van der Waals surface area contributed by atoms with Gasteiger partial charge in [-0.25, -0.2) is 0 Å². The smallest absolute Gasteiger partial charge is 0.291 e. The van der Waals surface area contributed by atoms with E-state index in [1.54, 1.807) is 4.90 Å². The van der Waals surface area contributed by atoms with E-state index >= 15 is 0 Å². The van der Waals surface area contributed by atoms with Crippen molar-refractivity contribution in [3.8, 4) is 0 Å². The molecule has 2 rings (SSSR count). The van der Waals surface area contributed by atoms with Gasteiger partial charge in [0.05, 0.1) is 6.04 Å². The molecule has 0 aromatic rings. The fourth-order valence-electron chi connectivity index (χ4n) is 2.00. The van der Waals surface area contributed by atoms with Gasteiger partial charge in [-0.1, -0.05) is 12.8 Å². The third-order valence-electron chi connectivity index (χ3n) is 3.13. The van der Waals surface area contributed by atoms with E-state index in [1.807, 2.05) is 20.8 Å². The van der Waals surface area contributed by atoms with Gasteiger partial charge in [0.25, 0.3) is 5.91 Å². The van der Waals surface area contributed by atoms with Gasteiger partial charge in [-0.15, -0.1) is 0 Å². The topological polar surface area (TPSA) is 49.2 Å². The van der Waals surface area contributed by atoms with Crippen molar-refractivity contribution in [3.05, 3.63) is 0 Å². The quantitative estimate of drug-likeness (QED) is 0.573. The highest BCUT2D eigenvalue weighted by Crippen LogP contribution is 2.34. The molecular weight excluding hydrogens is 216 g/mol. The number of nitrogens with one attached hydrogen (secondary N) is 1. The van der Waals surface area contributed by atoms with Crippen LogP contribution in [0.5, 0.6) is 0 Å². The molecule has 0 aromatic heterocycles. The van der Waals surface area contributed by atoms with Crippen molar-refractivity contribution in [2.75, 3.05) is 13.1 Å². The maximum atomic E-state index is 12.1. The van der Waals surface area contributed by atoms with E-state index in [9.17, 15) is 9.59 Å². The average molecular weight is 238 g/mol. The molecule has 0 bridgehead atoms. The van der Waals surface area contributed by atoms with Crippen LogP contribution in [0.4, 0.5) is 0 Å². The lowest BCUT2D eigenvalue weighted by Crippen LogP contribution is -2.51. The zero-order chi connectivity index (χ0) is 12.6. The molecule has 4 heteroatoms. The number of ketones is 1. The van der Waals surface area contributed by atoms with Crippen LogP contribution in [0, 0.1) is 5.92 Å². The highest BCUT2D eigenvalue weighted by molar-refractivity contribution is 6.38. The summed E-state index contributed by atoms with van der Waals surface area (Å²) >= 11 is 0. The first-order valence-corrected chi connectivity index (χ1v) is 6.47. The van der Waals surface area contributed by atoms with E-state index in [2.05, 4.69) is 5.32 Å². The molecule has 0 aromatic carbocycles. The minimum atomic E-state index is -0.299. The van der Waals surface area contributed by atoms with Crippen molar-refractivity contribution in [1.82, 2.24) is 10.2 Å². The molecule has 1 unspecified atom stereocenters. The van der Waals surface area contributed by atoms with Gasteiger partial charge in [-0.2, -0.15) is 0 Å². The molecule has 2 aliphatic rings. The molecule has 1 saturated heterocycles. The molecule has 1 N–H and O–H groups in total. The number of hydrogen-bond acceptors (Lipinski definition) is 3. The lowest BCUT2D eigenvalue weighted by atomic mass is 10.00. The zero-order valence-corrected chi connectivity index (χ0v) is 11.0. The Balaban J connectivity index is 1.97. The zero-order valence-electron chi connectivity index (χ0n) is 11.0. The summed E-state index contributed by atoms with van der Waals surface area (Å²) in [7, 11) is 0. The van der Waals surface area contributed by atoms with Gasteiger partial charge >= 0.3 is 0 Å². The Hall–Kier alpha value is -0.900. The second-order valence-corrected chi connectivity index (χ2v) is 6.28. The number of nitrogens with zero attached hydrogens (tertiary/aromatic N) is 1. The van der Waals surface area contributed by atoms with E-state index in [0.717, 1.165) is 19.5 Å². The van der Waals surface area contributed by atoms with Gasteiger partial charge in [0.15, 0.2) is 0 Å². The molecule has 1 heterocycles. The van der Waals surface area contributed by atoms with Crippen LogP contribution in [0.1, 0.15) is 40.0 Å². The van der Waals surface area contributed by atoms with Crippen LogP contribution in [-0.2, 0) is 9.59 Å². The van der Waals surface area contributed by atoms with Crippen molar-refractivity contribution in [2.45, 2.75) is 51.6 Å². The van der Waals surface area contributed by atoms with Crippen LogP contribution in [-0.4, -0.2) is 41.3 Å². The summed E-state index contributed by atoms with van der Waals surface area (Å²) in [5.74, 6) is 0.0949. The molecule has 1 saturated carbocycles. The SMILES string of the molecule is CC(C)(C)NC(CC1CC1)C(=O)C(=O)N1CC1. The Labute approximate surface area is 103 Å². The molecule has 1 aliphatic heterocycles. The van der Waals surface area contributed by atoms with Gasteiger partial charge in [-0.05, 0) is 33.1 Å². The van der Waals surface area contributed by atoms with Crippen molar-refractivity contribution < 1.29 is 9.59 Å². The van der Waals surface area contributed by atoms with Crippen LogP contribution in [0.15, 0.2) is 0 Å². The van der Waals surface area contributed by atoms with E-state index in [0.29, 0.717) is 5.92 Å². The lowest BCUT2D eigenvalue weighted by Gasteiger charge is -2.27. The Morgan fingerprint density at radius 1 is 1.29 bits per heavy atom. The minimum Gasteiger partial charge on any atom is -0.333 e. The van der Waals surface area contributed by atoms with E-state index < -0.39 is 0 Å². The van der Waals surface area contributed by atoms with Crippen molar-refractivity contribution in [3.63, 3.8) is 0 Å². The summed E-state index contributed by atoms with van der Waals surface area (Å²) in [6.45, 7) is 7.58. The maximum absolute atomic E-state index is 12.1. The number of rotatable bonds is 5. The molecule has 4 nitrogen and oxygen atoms in total. The van der Waals surface area contributed by atoms with Crippen LogP contribution >= 0.6 is 0 Å². The molecule has 1 amide bonds. The van der Waals surface area contributed by atoms with Crippen LogP contribution in [0.3, 0.4) is 0 Å². The van der Waals surface area contributed by atoms with Gasteiger partial charge in [0.1, 0.15) is 0 Å².